The molecule has 1 aliphatic carbocycles. The third-order valence-electron chi connectivity index (χ3n) is 6.18. The highest BCUT2D eigenvalue weighted by Crippen LogP contribution is 2.47. The van der Waals surface area contributed by atoms with Gasteiger partial charge in [0.15, 0.2) is 0 Å². The molecule has 3 nitrogen and oxygen atoms in total. The minimum atomic E-state index is -0.720. The summed E-state index contributed by atoms with van der Waals surface area (Å²) >= 11 is 0. The highest BCUT2D eigenvalue weighted by molar-refractivity contribution is 5.89. The Bertz CT molecular complexity index is 860. The van der Waals surface area contributed by atoms with Crippen molar-refractivity contribution in [1.29, 1.82) is 0 Å². The minimum Gasteiger partial charge on any atom is -0.465 e. The molecule has 144 valence electrons. The number of aliphatic hydroxyl groups is 1. The van der Waals surface area contributed by atoms with E-state index in [9.17, 15) is 9.90 Å². The Morgan fingerprint density at radius 3 is 2.04 bits per heavy atom. The van der Waals surface area contributed by atoms with Crippen LogP contribution in [0.5, 0.6) is 0 Å². The SMILES string of the molecule is COC(=O)c1ccc(C(O)c2cc3c(cc2C)C(C)(C)CCC3(C)C)cc1. The first-order chi connectivity index (χ1) is 12.6. The number of methoxy groups -OCH3 is 1. The van der Waals surface area contributed by atoms with Gasteiger partial charge in [-0.15, -0.1) is 0 Å². The molecule has 0 radical (unpaired) electrons. The van der Waals surface area contributed by atoms with E-state index in [2.05, 4.69) is 46.8 Å². The number of benzene rings is 2. The molecule has 3 heteroatoms. The van der Waals surface area contributed by atoms with Crippen molar-refractivity contribution in [3.05, 3.63) is 69.8 Å². The van der Waals surface area contributed by atoms with E-state index in [1.54, 1.807) is 24.3 Å². The van der Waals surface area contributed by atoms with Crippen LogP contribution in [-0.2, 0) is 15.6 Å². The third kappa shape index (κ3) is 3.53. The molecule has 1 N–H and O–H groups in total. The maximum Gasteiger partial charge on any atom is 0.337 e. The van der Waals surface area contributed by atoms with E-state index < -0.39 is 6.10 Å². The van der Waals surface area contributed by atoms with Gasteiger partial charge in [-0.25, -0.2) is 4.79 Å². The molecule has 0 spiro atoms. The van der Waals surface area contributed by atoms with Crippen LogP contribution in [-0.4, -0.2) is 18.2 Å². The Balaban J connectivity index is 2.03. The molecule has 3 rings (SSSR count). The normalized spacial score (nSPS) is 18.5. The standard InChI is InChI=1S/C24H30O3/c1-15-13-19-20(24(4,5)12-11-23(19,2)3)14-18(15)21(25)16-7-9-17(10-8-16)22(26)27-6/h7-10,13-14,21,25H,11-12H2,1-6H3. The van der Waals surface area contributed by atoms with E-state index >= 15 is 0 Å². The van der Waals surface area contributed by atoms with Crippen LogP contribution in [0.15, 0.2) is 36.4 Å². The molecule has 1 atom stereocenters. The molecule has 0 saturated carbocycles. The lowest BCUT2D eigenvalue weighted by Crippen LogP contribution is -2.34. The topological polar surface area (TPSA) is 46.5 Å². The predicted octanol–water partition coefficient (Wildman–Crippen LogP) is 5.21. The predicted molar refractivity (Wildman–Crippen MR) is 108 cm³/mol. The van der Waals surface area contributed by atoms with E-state index in [0.29, 0.717) is 5.56 Å². The van der Waals surface area contributed by atoms with Gasteiger partial charge in [0.2, 0.25) is 0 Å². The van der Waals surface area contributed by atoms with Crippen LogP contribution in [0.4, 0.5) is 0 Å². The molecular formula is C24H30O3. The lowest BCUT2D eigenvalue weighted by molar-refractivity contribution is 0.0600. The molecule has 1 unspecified atom stereocenters. The second-order valence-electron chi connectivity index (χ2n) is 9.04. The van der Waals surface area contributed by atoms with Crippen molar-refractivity contribution in [3.63, 3.8) is 0 Å². The number of aliphatic hydroxyl groups excluding tert-OH is 1. The first kappa shape index (κ1) is 19.6. The van der Waals surface area contributed by atoms with E-state index in [-0.39, 0.29) is 16.8 Å². The van der Waals surface area contributed by atoms with Gasteiger partial charge < -0.3 is 9.84 Å². The van der Waals surface area contributed by atoms with Crippen molar-refractivity contribution >= 4 is 5.97 Å². The number of carbonyl (C=O) groups excluding carboxylic acids is 1. The number of aryl methyl sites for hydroxylation is 1. The summed E-state index contributed by atoms with van der Waals surface area (Å²) in [7, 11) is 1.37. The van der Waals surface area contributed by atoms with Gasteiger partial charge in [0, 0.05) is 0 Å². The second-order valence-corrected chi connectivity index (χ2v) is 9.04. The fraction of sp³-hybridized carbons (Fsp3) is 0.458. The number of fused-ring (bicyclic) bond motifs is 1. The Kier molecular flexibility index (Phi) is 4.94. The van der Waals surface area contributed by atoms with Crippen molar-refractivity contribution in [2.24, 2.45) is 0 Å². The van der Waals surface area contributed by atoms with Gasteiger partial charge in [-0.05, 0) is 70.5 Å². The summed E-state index contributed by atoms with van der Waals surface area (Å²) in [6.07, 6.45) is 1.59. The van der Waals surface area contributed by atoms with Crippen molar-refractivity contribution in [2.75, 3.05) is 7.11 Å². The van der Waals surface area contributed by atoms with E-state index in [1.165, 1.54) is 24.7 Å². The maximum atomic E-state index is 11.6. The lowest BCUT2D eigenvalue weighted by atomic mass is 9.62. The Hall–Kier alpha value is -2.13. The van der Waals surface area contributed by atoms with E-state index in [1.807, 2.05) is 0 Å². The average Bonchev–Trinajstić information content (AvgIpc) is 2.64. The van der Waals surface area contributed by atoms with E-state index in [0.717, 1.165) is 23.1 Å². The zero-order chi connectivity index (χ0) is 20.0. The summed E-state index contributed by atoms with van der Waals surface area (Å²) in [6.45, 7) is 11.3. The molecule has 0 aliphatic heterocycles. The largest absolute Gasteiger partial charge is 0.465 e. The highest BCUT2D eigenvalue weighted by atomic mass is 16.5. The van der Waals surface area contributed by atoms with Gasteiger partial charge in [-0.3, -0.25) is 0 Å². The monoisotopic (exact) mass is 366 g/mol. The highest BCUT2D eigenvalue weighted by Gasteiger charge is 2.37. The second kappa shape index (κ2) is 6.79. The van der Waals surface area contributed by atoms with E-state index in [4.69, 9.17) is 4.74 Å². The molecule has 0 bridgehead atoms. The molecule has 2 aromatic carbocycles. The summed E-state index contributed by atoms with van der Waals surface area (Å²) in [5.41, 5.74) is 6.28. The van der Waals surface area contributed by atoms with Crippen LogP contribution in [0.1, 0.15) is 84.8 Å². The molecular weight excluding hydrogens is 336 g/mol. The molecule has 0 amide bonds. The zero-order valence-corrected chi connectivity index (χ0v) is 17.2. The van der Waals surface area contributed by atoms with Gasteiger partial charge in [0.25, 0.3) is 0 Å². The van der Waals surface area contributed by atoms with Crippen LogP contribution in [0.25, 0.3) is 0 Å². The van der Waals surface area contributed by atoms with Crippen molar-refractivity contribution in [2.45, 2.75) is 64.4 Å². The fourth-order valence-corrected chi connectivity index (χ4v) is 4.13. The summed E-state index contributed by atoms with van der Waals surface area (Å²) < 4.78 is 4.74. The summed E-state index contributed by atoms with van der Waals surface area (Å²) in [4.78, 5) is 11.6. The van der Waals surface area contributed by atoms with Crippen molar-refractivity contribution in [3.8, 4) is 0 Å². The Labute approximate surface area is 162 Å². The average molecular weight is 367 g/mol. The molecule has 0 aromatic heterocycles. The number of ether oxygens (including phenoxy) is 1. The van der Waals surface area contributed by atoms with Crippen LogP contribution in [0, 0.1) is 6.92 Å². The first-order valence-corrected chi connectivity index (χ1v) is 9.59. The molecule has 0 saturated heterocycles. The molecule has 0 heterocycles. The van der Waals surface area contributed by atoms with Gasteiger partial charge in [0.05, 0.1) is 12.7 Å². The van der Waals surface area contributed by atoms with Crippen LogP contribution in [0.3, 0.4) is 0 Å². The third-order valence-corrected chi connectivity index (χ3v) is 6.18. The fourth-order valence-electron chi connectivity index (χ4n) is 4.13. The minimum absolute atomic E-state index is 0.0990. The molecule has 2 aromatic rings. The van der Waals surface area contributed by atoms with Gasteiger partial charge in [0.1, 0.15) is 6.10 Å². The van der Waals surface area contributed by atoms with Gasteiger partial charge in [-0.2, -0.15) is 0 Å². The van der Waals surface area contributed by atoms with Crippen LogP contribution < -0.4 is 0 Å². The zero-order valence-electron chi connectivity index (χ0n) is 17.2. The number of carbonyl (C=O) groups is 1. The lowest BCUT2D eigenvalue weighted by Gasteiger charge is -2.42. The Morgan fingerprint density at radius 1 is 1.00 bits per heavy atom. The molecule has 27 heavy (non-hydrogen) atoms. The Morgan fingerprint density at radius 2 is 1.52 bits per heavy atom. The number of hydrogen-bond acceptors (Lipinski definition) is 3. The molecule has 1 aliphatic rings. The number of hydrogen-bond donors (Lipinski definition) is 1. The first-order valence-electron chi connectivity index (χ1n) is 9.59. The number of esters is 1. The summed E-state index contributed by atoms with van der Waals surface area (Å²) in [5, 5.41) is 11.0. The smallest absolute Gasteiger partial charge is 0.337 e. The van der Waals surface area contributed by atoms with Crippen LogP contribution in [0.2, 0.25) is 0 Å². The summed E-state index contributed by atoms with van der Waals surface area (Å²) in [5.74, 6) is -0.370. The number of rotatable bonds is 3. The quantitative estimate of drug-likeness (QED) is 0.758. The summed E-state index contributed by atoms with van der Waals surface area (Å²) in [6, 6.07) is 11.5. The molecule has 0 fully saturated rings. The van der Waals surface area contributed by atoms with Gasteiger partial charge >= 0.3 is 5.97 Å². The maximum absolute atomic E-state index is 11.6. The van der Waals surface area contributed by atoms with Crippen molar-refractivity contribution < 1.29 is 14.6 Å². The van der Waals surface area contributed by atoms with Crippen LogP contribution >= 0.6 is 0 Å². The van der Waals surface area contributed by atoms with Crippen molar-refractivity contribution in [1.82, 2.24) is 0 Å². The van der Waals surface area contributed by atoms with Gasteiger partial charge in [-0.1, -0.05) is 52.0 Å².